The molecule has 0 aliphatic carbocycles. The smallest absolute Gasteiger partial charge is 0.150 e. The number of aromatic nitrogens is 2. The van der Waals surface area contributed by atoms with E-state index in [1.807, 2.05) is 13.1 Å². The first-order valence-corrected chi connectivity index (χ1v) is 6.21. The molecule has 0 aliphatic heterocycles. The van der Waals surface area contributed by atoms with Crippen molar-refractivity contribution in [2.24, 2.45) is 0 Å². The highest BCUT2D eigenvalue weighted by molar-refractivity contribution is 7.14. The fraction of sp³-hybridized carbons (Fsp3) is 0.200. The fourth-order valence-corrected chi connectivity index (χ4v) is 2.89. The minimum Gasteiger partial charge on any atom is -0.313 e. The second-order valence-electron chi connectivity index (χ2n) is 3.13. The van der Waals surface area contributed by atoms with Crippen LogP contribution in [-0.2, 0) is 6.54 Å². The van der Waals surface area contributed by atoms with E-state index in [1.54, 1.807) is 12.1 Å². The van der Waals surface area contributed by atoms with Crippen molar-refractivity contribution in [1.82, 2.24) is 15.5 Å². The van der Waals surface area contributed by atoms with Crippen LogP contribution in [-0.4, -0.2) is 17.2 Å². The van der Waals surface area contributed by atoms with Gasteiger partial charge in [0.25, 0.3) is 0 Å². The lowest BCUT2D eigenvalue weighted by Crippen LogP contribution is -2.04. The molecule has 6 heteroatoms. The van der Waals surface area contributed by atoms with Crippen LogP contribution < -0.4 is 5.32 Å². The summed E-state index contributed by atoms with van der Waals surface area (Å²) in [5.74, 6) is 0. The molecule has 0 unspecified atom stereocenters. The van der Waals surface area contributed by atoms with Crippen LogP contribution in [0.2, 0.25) is 10.0 Å². The van der Waals surface area contributed by atoms with E-state index in [0.717, 1.165) is 15.6 Å². The summed E-state index contributed by atoms with van der Waals surface area (Å²) in [5, 5.41) is 14.0. The molecular weight excluding hydrogens is 265 g/mol. The zero-order valence-corrected chi connectivity index (χ0v) is 10.8. The minimum atomic E-state index is 0.597. The summed E-state index contributed by atoms with van der Waals surface area (Å²) < 4.78 is 0. The van der Waals surface area contributed by atoms with E-state index >= 15 is 0 Å². The van der Waals surface area contributed by atoms with Gasteiger partial charge in [-0.2, -0.15) is 0 Å². The van der Waals surface area contributed by atoms with Gasteiger partial charge in [-0.25, -0.2) is 0 Å². The van der Waals surface area contributed by atoms with Gasteiger partial charge in [0.2, 0.25) is 0 Å². The van der Waals surface area contributed by atoms with Crippen LogP contribution in [0.4, 0.5) is 0 Å². The molecular formula is C10H9Cl2N3S. The average molecular weight is 274 g/mol. The first-order chi connectivity index (χ1) is 7.72. The van der Waals surface area contributed by atoms with Crippen molar-refractivity contribution in [3.63, 3.8) is 0 Å². The van der Waals surface area contributed by atoms with E-state index in [0.29, 0.717) is 16.6 Å². The van der Waals surface area contributed by atoms with E-state index in [1.165, 1.54) is 11.3 Å². The third-order valence-corrected chi connectivity index (χ3v) is 3.54. The zero-order valence-electron chi connectivity index (χ0n) is 8.50. The summed E-state index contributed by atoms with van der Waals surface area (Å²) in [4.78, 5) is 0. The highest BCUT2D eigenvalue weighted by atomic mass is 35.5. The molecule has 0 radical (unpaired) electrons. The lowest BCUT2D eigenvalue weighted by molar-refractivity contribution is 0.795. The SMILES string of the molecule is CNCc1nnc(-c2c(Cl)cccc2Cl)s1. The summed E-state index contributed by atoms with van der Waals surface area (Å²) in [6.07, 6.45) is 0. The van der Waals surface area contributed by atoms with E-state index in [-0.39, 0.29) is 0 Å². The molecule has 0 spiro atoms. The number of rotatable bonds is 3. The second-order valence-corrected chi connectivity index (χ2v) is 5.00. The van der Waals surface area contributed by atoms with Gasteiger partial charge in [-0.15, -0.1) is 10.2 Å². The Bertz CT molecular complexity index is 478. The predicted octanol–water partition coefficient (Wildman–Crippen LogP) is 3.23. The van der Waals surface area contributed by atoms with Gasteiger partial charge in [0.1, 0.15) is 5.01 Å². The van der Waals surface area contributed by atoms with Gasteiger partial charge in [0.15, 0.2) is 5.01 Å². The lowest BCUT2D eigenvalue weighted by Gasteiger charge is -2.01. The average Bonchev–Trinajstić information content (AvgIpc) is 2.67. The Morgan fingerprint density at radius 1 is 1.25 bits per heavy atom. The molecule has 1 aromatic heterocycles. The highest BCUT2D eigenvalue weighted by Gasteiger charge is 2.13. The number of halogens is 2. The molecule has 2 rings (SSSR count). The fourth-order valence-electron chi connectivity index (χ4n) is 1.28. The molecule has 1 N–H and O–H groups in total. The second kappa shape index (κ2) is 5.10. The lowest BCUT2D eigenvalue weighted by atomic mass is 10.2. The van der Waals surface area contributed by atoms with Gasteiger partial charge >= 0.3 is 0 Å². The zero-order chi connectivity index (χ0) is 11.5. The topological polar surface area (TPSA) is 37.8 Å². The number of benzene rings is 1. The third-order valence-electron chi connectivity index (χ3n) is 1.97. The summed E-state index contributed by atoms with van der Waals surface area (Å²) in [6.45, 7) is 0.694. The summed E-state index contributed by atoms with van der Waals surface area (Å²) in [7, 11) is 1.86. The standard InChI is InChI=1S/C10H9Cl2N3S/c1-13-5-8-14-15-10(16-8)9-6(11)3-2-4-7(9)12/h2-4,13H,5H2,1H3. The molecule has 0 atom stereocenters. The van der Waals surface area contributed by atoms with Crippen molar-refractivity contribution in [3.05, 3.63) is 33.3 Å². The molecule has 2 aromatic rings. The molecule has 0 saturated heterocycles. The molecule has 1 aromatic carbocycles. The molecule has 0 amide bonds. The van der Waals surface area contributed by atoms with E-state index in [9.17, 15) is 0 Å². The summed E-state index contributed by atoms with van der Waals surface area (Å²) >= 11 is 13.7. The maximum atomic E-state index is 6.09. The first kappa shape index (κ1) is 11.8. The Kier molecular flexibility index (Phi) is 3.76. The summed E-state index contributed by atoms with van der Waals surface area (Å²) in [6, 6.07) is 5.40. The third kappa shape index (κ3) is 2.35. The number of nitrogens with zero attached hydrogens (tertiary/aromatic N) is 2. The molecule has 0 aliphatic rings. The van der Waals surface area contributed by atoms with Crippen LogP contribution >= 0.6 is 34.5 Å². The maximum Gasteiger partial charge on any atom is 0.150 e. The predicted molar refractivity (Wildman–Crippen MR) is 68.1 cm³/mol. The van der Waals surface area contributed by atoms with E-state index in [2.05, 4.69) is 15.5 Å². The van der Waals surface area contributed by atoms with Crippen LogP contribution in [0.5, 0.6) is 0 Å². The van der Waals surface area contributed by atoms with Gasteiger partial charge < -0.3 is 5.32 Å². The van der Waals surface area contributed by atoms with Crippen LogP contribution in [0.1, 0.15) is 5.01 Å². The van der Waals surface area contributed by atoms with Gasteiger partial charge in [-0.05, 0) is 19.2 Å². The molecule has 84 valence electrons. The quantitative estimate of drug-likeness (QED) is 0.933. The Balaban J connectivity index is 2.42. The van der Waals surface area contributed by atoms with E-state index < -0.39 is 0 Å². The normalized spacial score (nSPS) is 10.7. The van der Waals surface area contributed by atoms with Crippen LogP contribution in [0, 0.1) is 0 Å². The molecule has 0 bridgehead atoms. The molecule has 3 nitrogen and oxygen atoms in total. The number of hydrogen-bond donors (Lipinski definition) is 1. The Morgan fingerprint density at radius 2 is 1.94 bits per heavy atom. The van der Waals surface area contributed by atoms with Gasteiger partial charge in [0.05, 0.1) is 10.0 Å². The number of hydrogen-bond acceptors (Lipinski definition) is 4. The molecule has 1 heterocycles. The largest absolute Gasteiger partial charge is 0.313 e. The van der Waals surface area contributed by atoms with Crippen LogP contribution in [0.15, 0.2) is 18.2 Å². The van der Waals surface area contributed by atoms with Crippen molar-refractivity contribution in [2.75, 3.05) is 7.05 Å². The van der Waals surface area contributed by atoms with Crippen molar-refractivity contribution in [3.8, 4) is 10.6 Å². The van der Waals surface area contributed by atoms with Gasteiger partial charge in [0, 0.05) is 12.1 Å². The Labute approximate surface area is 107 Å². The Hall–Kier alpha value is -0.680. The highest BCUT2D eigenvalue weighted by Crippen LogP contribution is 2.35. The maximum absolute atomic E-state index is 6.09. The van der Waals surface area contributed by atoms with E-state index in [4.69, 9.17) is 23.2 Å². The monoisotopic (exact) mass is 273 g/mol. The molecule has 0 saturated carbocycles. The van der Waals surface area contributed by atoms with Crippen molar-refractivity contribution in [2.45, 2.75) is 6.54 Å². The number of nitrogens with one attached hydrogen (secondary N) is 1. The minimum absolute atomic E-state index is 0.597. The van der Waals surface area contributed by atoms with Crippen LogP contribution in [0.3, 0.4) is 0 Å². The van der Waals surface area contributed by atoms with Gasteiger partial charge in [-0.3, -0.25) is 0 Å². The first-order valence-electron chi connectivity index (χ1n) is 4.63. The van der Waals surface area contributed by atoms with Crippen molar-refractivity contribution in [1.29, 1.82) is 0 Å². The van der Waals surface area contributed by atoms with Crippen molar-refractivity contribution >= 4 is 34.5 Å². The summed E-state index contributed by atoms with van der Waals surface area (Å²) in [5.41, 5.74) is 0.755. The Morgan fingerprint density at radius 3 is 2.56 bits per heavy atom. The molecule has 16 heavy (non-hydrogen) atoms. The van der Waals surface area contributed by atoms with Crippen LogP contribution in [0.25, 0.3) is 10.6 Å². The van der Waals surface area contributed by atoms with Crippen molar-refractivity contribution < 1.29 is 0 Å². The molecule has 0 fully saturated rings. The van der Waals surface area contributed by atoms with Gasteiger partial charge in [-0.1, -0.05) is 40.6 Å².